The lowest BCUT2D eigenvalue weighted by Crippen LogP contribution is -2.52. The molecule has 6 nitrogen and oxygen atoms in total. The molecule has 0 aliphatic carbocycles. The highest BCUT2D eigenvalue weighted by atomic mass is 19.4. The van der Waals surface area contributed by atoms with Gasteiger partial charge in [-0.25, -0.2) is 0 Å². The molecule has 1 aromatic carbocycles. The monoisotopic (exact) mass is 372 g/mol. The summed E-state index contributed by atoms with van der Waals surface area (Å²) in [4.78, 5) is 26.5. The van der Waals surface area contributed by atoms with E-state index in [-0.39, 0.29) is 25.9 Å². The molecule has 2 aliphatic rings. The number of amides is 2. The molecule has 2 heterocycles. The van der Waals surface area contributed by atoms with Crippen molar-refractivity contribution in [3.05, 3.63) is 23.8 Å². The van der Waals surface area contributed by atoms with Crippen LogP contribution in [0.2, 0.25) is 0 Å². The molecule has 3 rings (SSSR count). The van der Waals surface area contributed by atoms with Crippen molar-refractivity contribution >= 4 is 17.5 Å². The zero-order chi connectivity index (χ0) is 19.1. The van der Waals surface area contributed by atoms with Crippen LogP contribution in [0.1, 0.15) is 30.9 Å². The number of carbonyl (C=O) groups excluding carboxylic acids is 2. The van der Waals surface area contributed by atoms with E-state index >= 15 is 0 Å². The second kappa shape index (κ2) is 6.79. The normalized spacial score (nSPS) is 23.0. The number of aliphatic hydroxyl groups excluding tert-OH is 1. The third-order valence-corrected chi connectivity index (χ3v) is 4.82. The predicted molar refractivity (Wildman–Crippen MR) is 85.7 cm³/mol. The maximum Gasteiger partial charge on any atom is 0.471 e. The van der Waals surface area contributed by atoms with Gasteiger partial charge in [0, 0.05) is 24.3 Å². The molecule has 0 radical (unpaired) electrons. The van der Waals surface area contributed by atoms with E-state index in [1.807, 2.05) is 0 Å². The standard InChI is InChI=1S/C17H19F3N2O4/c1-26-10-4-5-12-11(9-10)14(23)6-8-21(12)15(24)13-3-2-7-22(13)16(25)17(18,19)20/h4-5,9,13-14,23H,2-3,6-8H2,1H3. The molecule has 1 N–H and O–H groups in total. The minimum Gasteiger partial charge on any atom is -0.497 e. The first-order valence-electron chi connectivity index (χ1n) is 8.29. The summed E-state index contributed by atoms with van der Waals surface area (Å²) in [6.45, 7) is 0.0740. The van der Waals surface area contributed by atoms with E-state index in [2.05, 4.69) is 0 Å². The molecule has 2 atom stereocenters. The number of ether oxygens (including phenoxy) is 1. The number of alkyl halides is 3. The number of aliphatic hydroxyl groups is 1. The summed E-state index contributed by atoms with van der Waals surface area (Å²) < 4.78 is 43.5. The summed E-state index contributed by atoms with van der Waals surface area (Å²) in [5, 5.41) is 10.2. The topological polar surface area (TPSA) is 70.1 Å². The van der Waals surface area contributed by atoms with Gasteiger partial charge in [0.15, 0.2) is 0 Å². The molecular formula is C17H19F3N2O4. The zero-order valence-electron chi connectivity index (χ0n) is 14.1. The molecule has 142 valence electrons. The Morgan fingerprint density at radius 3 is 2.62 bits per heavy atom. The fraction of sp³-hybridized carbons (Fsp3) is 0.529. The van der Waals surface area contributed by atoms with Gasteiger partial charge in [0.25, 0.3) is 0 Å². The molecule has 2 aliphatic heterocycles. The number of fused-ring (bicyclic) bond motifs is 1. The van der Waals surface area contributed by atoms with E-state index in [0.29, 0.717) is 28.3 Å². The van der Waals surface area contributed by atoms with Gasteiger partial charge >= 0.3 is 12.1 Å². The van der Waals surface area contributed by atoms with Crippen LogP contribution in [0.5, 0.6) is 5.75 Å². The number of halogens is 3. The first-order valence-corrected chi connectivity index (χ1v) is 8.29. The van der Waals surface area contributed by atoms with Crippen molar-refractivity contribution in [3.63, 3.8) is 0 Å². The van der Waals surface area contributed by atoms with Crippen LogP contribution in [0, 0.1) is 0 Å². The largest absolute Gasteiger partial charge is 0.497 e. The fourth-order valence-electron chi connectivity index (χ4n) is 3.54. The SMILES string of the molecule is COc1ccc2c(c1)C(O)CCN2C(=O)C1CCCN1C(=O)C(F)(F)F. The van der Waals surface area contributed by atoms with Crippen molar-refractivity contribution in [2.24, 2.45) is 0 Å². The number of methoxy groups -OCH3 is 1. The summed E-state index contributed by atoms with van der Waals surface area (Å²) in [6.07, 6.45) is -5.02. The molecule has 1 saturated heterocycles. The predicted octanol–water partition coefficient (Wildman–Crippen LogP) is 2.02. The van der Waals surface area contributed by atoms with E-state index in [4.69, 9.17) is 4.74 Å². The Bertz CT molecular complexity index is 722. The van der Waals surface area contributed by atoms with Gasteiger partial charge in [-0.2, -0.15) is 13.2 Å². The van der Waals surface area contributed by atoms with Crippen molar-refractivity contribution < 1.29 is 32.6 Å². The first kappa shape index (κ1) is 18.5. The van der Waals surface area contributed by atoms with Gasteiger partial charge in [-0.3, -0.25) is 9.59 Å². The third kappa shape index (κ3) is 3.23. The number of carbonyl (C=O) groups is 2. The molecule has 1 fully saturated rings. The van der Waals surface area contributed by atoms with Crippen LogP contribution in [-0.2, 0) is 9.59 Å². The van der Waals surface area contributed by atoms with Crippen molar-refractivity contribution in [3.8, 4) is 5.75 Å². The number of anilines is 1. The third-order valence-electron chi connectivity index (χ3n) is 4.82. The highest BCUT2D eigenvalue weighted by Crippen LogP contribution is 2.37. The summed E-state index contributed by atoms with van der Waals surface area (Å²) in [5.41, 5.74) is 0.913. The van der Waals surface area contributed by atoms with Crippen molar-refractivity contribution in [1.29, 1.82) is 0 Å². The van der Waals surface area contributed by atoms with Crippen molar-refractivity contribution in [2.45, 2.75) is 37.6 Å². The maximum absolute atomic E-state index is 12.9. The Balaban J connectivity index is 1.89. The van der Waals surface area contributed by atoms with Gasteiger partial charge in [-0.05, 0) is 37.5 Å². The van der Waals surface area contributed by atoms with Gasteiger partial charge in [0.1, 0.15) is 11.8 Å². The second-order valence-corrected chi connectivity index (χ2v) is 6.37. The van der Waals surface area contributed by atoms with Crippen LogP contribution < -0.4 is 9.64 Å². The molecular weight excluding hydrogens is 353 g/mol. The highest BCUT2D eigenvalue weighted by molar-refractivity contribution is 6.01. The summed E-state index contributed by atoms with van der Waals surface area (Å²) in [5.74, 6) is -2.04. The molecule has 0 bridgehead atoms. The maximum atomic E-state index is 12.9. The lowest BCUT2D eigenvalue weighted by atomic mass is 9.97. The minimum atomic E-state index is -5.01. The van der Waals surface area contributed by atoms with Gasteiger partial charge in [-0.15, -0.1) is 0 Å². The van der Waals surface area contributed by atoms with E-state index in [1.165, 1.54) is 12.0 Å². The van der Waals surface area contributed by atoms with Gasteiger partial charge in [0.2, 0.25) is 5.91 Å². The second-order valence-electron chi connectivity index (χ2n) is 6.37. The van der Waals surface area contributed by atoms with E-state index in [1.54, 1.807) is 18.2 Å². The molecule has 0 spiro atoms. The molecule has 2 unspecified atom stereocenters. The summed E-state index contributed by atoms with van der Waals surface area (Å²) in [6, 6.07) is 3.67. The van der Waals surface area contributed by atoms with E-state index in [9.17, 15) is 27.9 Å². The Hall–Kier alpha value is -2.29. The van der Waals surface area contributed by atoms with Gasteiger partial charge in [0.05, 0.1) is 13.2 Å². The van der Waals surface area contributed by atoms with Crippen LogP contribution in [0.3, 0.4) is 0 Å². The molecule has 0 aromatic heterocycles. The average molecular weight is 372 g/mol. The Labute approximate surface area is 148 Å². The number of rotatable bonds is 2. The lowest BCUT2D eigenvalue weighted by molar-refractivity contribution is -0.186. The highest BCUT2D eigenvalue weighted by Gasteiger charge is 2.48. The van der Waals surface area contributed by atoms with Crippen molar-refractivity contribution in [1.82, 2.24) is 4.90 Å². The van der Waals surface area contributed by atoms with Crippen molar-refractivity contribution in [2.75, 3.05) is 25.1 Å². The molecule has 1 aromatic rings. The van der Waals surface area contributed by atoms with Crippen LogP contribution >= 0.6 is 0 Å². The Morgan fingerprint density at radius 2 is 1.96 bits per heavy atom. The van der Waals surface area contributed by atoms with Crippen LogP contribution in [-0.4, -0.2) is 54.2 Å². The van der Waals surface area contributed by atoms with E-state index in [0.717, 1.165) is 0 Å². The Kier molecular flexibility index (Phi) is 4.83. The molecule has 26 heavy (non-hydrogen) atoms. The van der Waals surface area contributed by atoms with Crippen LogP contribution in [0.15, 0.2) is 18.2 Å². The molecule has 9 heteroatoms. The fourth-order valence-corrected chi connectivity index (χ4v) is 3.54. The minimum absolute atomic E-state index is 0.0965. The lowest BCUT2D eigenvalue weighted by Gasteiger charge is -2.36. The smallest absolute Gasteiger partial charge is 0.471 e. The van der Waals surface area contributed by atoms with Crippen LogP contribution in [0.4, 0.5) is 18.9 Å². The van der Waals surface area contributed by atoms with E-state index < -0.39 is 30.1 Å². The number of hydrogen-bond donors (Lipinski definition) is 1. The van der Waals surface area contributed by atoms with Crippen LogP contribution in [0.25, 0.3) is 0 Å². The Morgan fingerprint density at radius 1 is 1.23 bits per heavy atom. The number of likely N-dealkylation sites (tertiary alicyclic amines) is 1. The zero-order valence-corrected chi connectivity index (χ0v) is 14.1. The number of hydrogen-bond acceptors (Lipinski definition) is 4. The summed E-state index contributed by atoms with van der Waals surface area (Å²) in [7, 11) is 1.47. The average Bonchev–Trinajstić information content (AvgIpc) is 3.09. The number of nitrogens with zero attached hydrogens (tertiary/aromatic N) is 2. The molecule has 0 saturated carbocycles. The quantitative estimate of drug-likeness (QED) is 0.862. The van der Waals surface area contributed by atoms with Gasteiger partial charge in [-0.1, -0.05) is 0 Å². The first-order chi connectivity index (χ1) is 12.2. The number of benzene rings is 1. The molecule has 2 amide bonds. The van der Waals surface area contributed by atoms with Gasteiger partial charge < -0.3 is 19.6 Å². The summed E-state index contributed by atoms with van der Waals surface area (Å²) >= 11 is 0.